The van der Waals surface area contributed by atoms with Gasteiger partial charge in [-0.2, -0.15) is 0 Å². The molecule has 120 valence electrons. The Morgan fingerprint density at radius 1 is 1.43 bits per heavy atom. The number of amides is 1. The molecule has 4 N–H and O–H groups in total. The Bertz CT molecular complexity index is 857. The van der Waals surface area contributed by atoms with Gasteiger partial charge in [0.15, 0.2) is 5.13 Å². The molecule has 1 aromatic carbocycles. The molecule has 0 saturated heterocycles. The Hall–Kier alpha value is -2.12. The minimum atomic E-state index is -0.0455. The van der Waals surface area contributed by atoms with Crippen molar-refractivity contribution in [3.05, 3.63) is 39.6 Å². The number of fused-ring (bicyclic) bond motifs is 1. The number of nitrogens with two attached hydrogens (primary N) is 1. The van der Waals surface area contributed by atoms with E-state index in [2.05, 4.69) is 20.3 Å². The molecule has 0 bridgehead atoms. The number of aromatic amines is 1. The third-order valence-corrected chi connectivity index (χ3v) is 4.63. The zero-order chi connectivity index (χ0) is 16.4. The van der Waals surface area contributed by atoms with E-state index in [-0.39, 0.29) is 5.91 Å². The number of nitrogen functional groups attached to an aromatic ring is 1. The van der Waals surface area contributed by atoms with Crippen molar-refractivity contribution in [1.29, 1.82) is 0 Å². The van der Waals surface area contributed by atoms with Crippen LogP contribution in [0.1, 0.15) is 16.4 Å². The summed E-state index contributed by atoms with van der Waals surface area (Å²) < 4.78 is 0. The highest BCUT2D eigenvalue weighted by Gasteiger charge is 2.10. The maximum absolute atomic E-state index is 12.0. The number of aryl methyl sites for hydroxylation is 1. The molecule has 0 unspecified atom stereocenters. The first kappa shape index (κ1) is 15.8. The highest BCUT2D eigenvalue weighted by molar-refractivity contribution is 7.15. The summed E-state index contributed by atoms with van der Waals surface area (Å²) in [7, 11) is 0. The predicted molar refractivity (Wildman–Crippen MR) is 92.8 cm³/mol. The number of hydrogen-bond donors (Lipinski definition) is 3. The summed E-state index contributed by atoms with van der Waals surface area (Å²) >= 11 is 7.30. The van der Waals surface area contributed by atoms with E-state index in [1.54, 1.807) is 6.07 Å². The van der Waals surface area contributed by atoms with Crippen LogP contribution in [0.15, 0.2) is 18.2 Å². The zero-order valence-electron chi connectivity index (χ0n) is 12.5. The van der Waals surface area contributed by atoms with Gasteiger partial charge in [0.25, 0.3) is 0 Å². The van der Waals surface area contributed by atoms with Crippen molar-refractivity contribution in [3.8, 4) is 0 Å². The Morgan fingerprint density at radius 2 is 2.26 bits per heavy atom. The smallest absolute Gasteiger partial charge is 0.225 e. The number of imidazole rings is 1. The molecule has 0 fully saturated rings. The molecule has 2 aromatic heterocycles. The van der Waals surface area contributed by atoms with Gasteiger partial charge in [0.05, 0.1) is 23.1 Å². The molecule has 0 radical (unpaired) electrons. The first-order chi connectivity index (χ1) is 11.0. The van der Waals surface area contributed by atoms with Crippen LogP contribution in [0.4, 0.5) is 5.13 Å². The van der Waals surface area contributed by atoms with Crippen LogP contribution in [0.2, 0.25) is 5.02 Å². The molecule has 8 heteroatoms. The van der Waals surface area contributed by atoms with Crippen LogP contribution in [0.25, 0.3) is 11.0 Å². The predicted octanol–water partition coefficient (Wildman–Crippen LogP) is 2.46. The molecule has 0 aliphatic carbocycles. The van der Waals surface area contributed by atoms with Crippen molar-refractivity contribution in [2.45, 2.75) is 19.8 Å². The number of thiazole rings is 1. The molecule has 23 heavy (non-hydrogen) atoms. The van der Waals surface area contributed by atoms with E-state index in [0.717, 1.165) is 27.4 Å². The number of rotatable bonds is 5. The van der Waals surface area contributed by atoms with Crippen molar-refractivity contribution in [2.75, 3.05) is 12.3 Å². The average molecular weight is 350 g/mol. The standard InChI is InChI=1S/C15H16ClN5OS/c1-8-12(23-15(17)19-8)7-14(22)18-5-4-13-20-10-3-2-9(16)6-11(10)21-13/h2-3,6H,4-5,7H2,1H3,(H2,17,19)(H,18,22)(H,20,21). The molecule has 2 heterocycles. The summed E-state index contributed by atoms with van der Waals surface area (Å²) in [6.07, 6.45) is 0.929. The monoisotopic (exact) mass is 349 g/mol. The fourth-order valence-electron chi connectivity index (χ4n) is 2.30. The third kappa shape index (κ3) is 3.80. The first-order valence-corrected chi connectivity index (χ1v) is 8.33. The van der Waals surface area contributed by atoms with Gasteiger partial charge in [-0.15, -0.1) is 11.3 Å². The molecule has 0 spiro atoms. The first-order valence-electron chi connectivity index (χ1n) is 7.14. The van der Waals surface area contributed by atoms with Crippen LogP contribution in [0.3, 0.4) is 0 Å². The molecule has 0 saturated carbocycles. The summed E-state index contributed by atoms with van der Waals surface area (Å²) in [4.78, 5) is 24.6. The van der Waals surface area contributed by atoms with Gasteiger partial charge in [-0.25, -0.2) is 9.97 Å². The topological polar surface area (TPSA) is 96.7 Å². The molecular formula is C15H16ClN5OS. The minimum Gasteiger partial charge on any atom is -0.375 e. The van der Waals surface area contributed by atoms with Crippen molar-refractivity contribution in [2.24, 2.45) is 0 Å². The number of nitrogens with one attached hydrogen (secondary N) is 2. The Labute approximate surface area is 142 Å². The summed E-state index contributed by atoms with van der Waals surface area (Å²) in [6.45, 7) is 2.37. The van der Waals surface area contributed by atoms with Gasteiger partial charge in [0, 0.05) is 22.9 Å². The third-order valence-electron chi connectivity index (χ3n) is 3.41. The normalized spacial score (nSPS) is 11.0. The lowest BCUT2D eigenvalue weighted by molar-refractivity contribution is -0.120. The van der Waals surface area contributed by atoms with Crippen LogP contribution in [-0.2, 0) is 17.6 Å². The average Bonchev–Trinajstić information content (AvgIpc) is 3.01. The Balaban J connectivity index is 1.53. The van der Waals surface area contributed by atoms with Crippen molar-refractivity contribution in [3.63, 3.8) is 0 Å². The minimum absolute atomic E-state index is 0.0455. The fraction of sp³-hybridized carbons (Fsp3) is 0.267. The van der Waals surface area contributed by atoms with E-state index in [1.807, 2.05) is 19.1 Å². The van der Waals surface area contributed by atoms with E-state index in [9.17, 15) is 4.79 Å². The lowest BCUT2D eigenvalue weighted by Crippen LogP contribution is -2.27. The van der Waals surface area contributed by atoms with Gasteiger partial charge in [-0.05, 0) is 25.1 Å². The lowest BCUT2D eigenvalue weighted by Gasteiger charge is -2.03. The van der Waals surface area contributed by atoms with Gasteiger partial charge in [0.2, 0.25) is 5.91 Å². The van der Waals surface area contributed by atoms with Gasteiger partial charge < -0.3 is 16.0 Å². The van der Waals surface area contributed by atoms with E-state index in [1.165, 1.54) is 11.3 Å². The van der Waals surface area contributed by atoms with E-state index in [4.69, 9.17) is 17.3 Å². The Morgan fingerprint density at radius 3 is 3.00 bits per heavy atom. The molecule has 0 atom stereocenters. The van der Waals surface area contributed by atoms with Gasteiger partial charge in [-0.3, -0.25) is 4.79 Å². The molecule has 6 nitrogen and oxygen atoms in total. The quantitative estimate of drug-likeness (QED) is 0.659. The molecular weight excluding hydrogens is 334 g/mol. The van der Waals surface area contributed by atoms with Crippen LogP contribution in [-0.4, -0.2) is 27.4 Å². The highest BCUT2D eigenvalue weighted by atomic mass is 35.5. The Kier molecular flexibility index (Phi) is 4.49. The van der Waals surface area contributed by atoms with Crippen molar-refractivity contribution >= 4 is 45.0 Å². The maximum atomic E-state index is 12.0. The van der Waals surface area contributed by atoms with Gasteiger partial charge >= 0.3 is 0 Å². The number of halogens is 1. The SMILES string of the molecule is Cc1nc(N)sc1CC(=O)NCCc1nc2ccc(Cl)cc2[nH]1. The number of carbonyl (C=O) groups is 1. The number of anilines is 1. The number of H-pyrrole nitrogens is 1. The van der Waals surface area contributed by atoms with Gasteiger partial charge in [-0.1, -0.05) is 11.6 Å². The number of nitrogens with zero attached hydrogens (tertiary/aromatic N) is 2. The summed E-state index contributed by atoms with van der Waals surface area (Å²) in [5.74, 6) is 0.775. The maximum Gasteiger partial charge on any atom is 0.225 e. The van der Waals surface area contributed by atoms with E-state index in [0.29, 0.717) is 29.5 Å². The lowest BCUT2D eigenvalue weighted by atomic mass is 10.3. The van der Waals surface area contributed by atoms with Gasteiger partial charge in [0.1, 0.15) is 5.82 Å². The molecule has 0 aliphatic heterocycles. The second kappa shape index (κ2) is 6.55. The second-order valence-corrected chi connectivity index (χ2v) is 6.73. The number of aromatic nitrogens is 3. The van der Waals surface area contributed by atoms with Crippen LogP contribution >= 0.6 is 22.9 Å². The highest BCUT2D eigenvalue weighted by Crippen LogP contribution is 2.20. The largest absolute Gasteiger partial charge is 0.375 e. The van der Waals surface area contributed by atoms with E-state index >= 15 is 0 Å². The molecule has 0 aliphatic rings. The van der Waals surface area contributed by atoms with Crippen LogP contribution in [0.5, 0.6) is 0 Å². The second-order valence-electron chi connectivity index (χ2n) is 5.18. The van der Waals surface area contributed by atoms with Crippen molar-refractivity contribution in [1.82, 2.24) is 20.3 Å². The zero-order valence-corrected chi connectivity index (χ0v) is 14.1. The molecule has 1 amide bonds. The summed E-state index contributed by atoms with van der Waals surface area (Å²) in [5, 5.41) is 4.04. The molecule has 3 rings (SSSR count). The number of benzene rings is 1. The van der Waals surface area contributed by atoms with Crippen LogP contribution in [0, 0.1) is 6.92 Å². The molecule has 3 aromatic rings. The van der Waals surface area contributed by atoms with E-state index < -0.39 is 0 Å². The summed E-state index contributed by atoms with van der Waals surface area (Å²) in [5.41, 5.74) is 8.21. The van der Waals surface area contributed by atoms with Crippen LogP contribution < -0.4 is 11.1 Å². The number of carbonyl (C=O) groups excluding carboxylic acids is 1. The van der Waals surface area contributed by atoms with Crippen molar-refractivity contribution < 1.29 is 4.79 Å². The summed E-state index contributed by atoms with van der Waals surface area (Å²) in [6, 6.07) is 5.51. The number of hydrogen-bond acceptors (Lipinski definition) is 5. The fourth-order valence-corrected chi connectivity index (χ4v) is 3.30.